The minimum absolute atomic E-state index is 0.0463. The number of ether oxygens (including phenoxy) is 1. The second-order valence-corrected chi connectivity index (χ2v) is 9.17. The van der Waals surface area contributed by atoms with Crippen LogP contribution in [-0.4, -0.2) is 45.7 Å². The van der Waals surface area contributed by atoms with E-state index in [1.54, 1.807) is 34.5 Å². The quantitative estimate of drug-likeness (QED) is 0.365. The number of aliphatic hydroxyl groups is 1. The van der Waals surface area contributed by atoms with Gasteiger partial charge in [-0.15, -0.1) is 0 Å². The normalized spacial score (nSPS) is 22.4. The Bertz CT molecular complexity index is 866. The van der Waals surface area contributed by atoms with Gasteiger partial charge in [0.05, 0.1) is 18.7 Å². The summed E-state index contributed by atoms with van der Waals surface area (Å²) in [5, 5.41) is 13.5. The number of nitrogens with zero attached hydrogens (tertiary/aromatic N) is 2. The number of fused-ring (bicyclic) bond motifs is 1. The minimum atomic E-state index is -1.02. The zero-order chi connectivity index (χ0) is 21.5. The molecule has 158 valence electrons. The van der Waals surface area contributed by atoms with E-state index in [1.807, 2.05) is 13.8 Å². The summed E-state index contributed by atoms with van der Waals surface area (Å²) in [6.07, 6.45) is 1.14. The Kier molecular flexibility index (Phi) is 6.19. The van der Waals surface area contributed by atoms with Crippen LogP contribution in [0.2, 0.25) is 0 Å². The van der Waals surface area contributed by atoms with Crippen molar-refractivity contribution in [2.75, 3.05) is 13.2 Å². The smallest absolute Gasteiger partial charge is 0.347 e. The first-order valence-electron chi connectivity index (χ1n) is 9.40. The van der Waals surface area contributed by atoms with Crippen LogP contribution in [0.5, 0.6) is 0 Å². The van der Waals surface area contributed by atoms with Gasteiger partial charge in [0.1, 0.15) is 17.4 Å². The van der Waals surface area contributed by atoms with Crippen molar-refractivity contribution in [2.45, 2.75) is 45.7 Å². The lowest BCUT2D eigenvalue weighted by molar-refractivity contribution is -0.164. The Labute approximate surface area is 181 Å². The molecule has 1 aromatic rings. The molecule has 1 fully saturated rings. The molecule has 29 heavy (non-hydrogen) atoms. The van der Waals surface area contributed by atoms with Gasteiger partial charge in [-0.05, 0) is 60.4 Å². The molecule has 1 N–H and O–H groups in total. The van der Waals surface area contributed by atoms with Crippen LogP contribution in [0.25, 0.3) is 0 Å². The number of carbonyl (C=O) groups is 2. The summed E-state index contributed by atoms with van der Waals surface area (Å²) < 4.78 is 34.4. The third kappa shape index (κ3) is 3.98. The van der Waals surface area contributed by atoms with Crippen LogP contribution in [0.3, 0.4) is 0 Å². The van der Waals surface area contributed by atoms with Gasteiger partial charge in [0.25, 0.3) is 5.91 Å². The fourth-order valence-corrected chi connectivity index (χ4v) is 4.26. The summed E-state index contributed by atoms with van der Waals surface area (Å²) in [7, 11) is 0. The first-order valence-corrected chi connectivity index (χ1v) is 10.5. The Morgan fingerprint density at radius 3 is 2.55 bits per heavy atom. The van der Waals surface area contributed by atoms with Gasteiger partial charge in [-0.1, -0.05) is 13.8 Å². The van der Waals surface area contributed by atoms with Crippen LogP contribution in [0.15, 0.2) is 23.5 Å². The summed E-state index contributed by atoms with van der Waals surface area (Å²) in [6, 6.07) is 2.36. The van der Waals surface area contributed by atoms with Crippen LogP contribution in [0.4, 0.5) is 8.78 Å². The van der Waals surface area contributed by atoms with Gasteiger partial charge in [-0.25, -0.2) is 18.6 Å². The van der Waals surface area contributed by atoms with Gasteiger partial charge in [-0.3, -0.25) is 9.80 Å². The maximum atomic E-state index is 14.4. The molecule has 1 saturated heterocycles. The van der Waals surface area contributed by atoms with Crippen molar-refractivity contribution in [1.29, 1.82) is 0 Å². The molecular formula is C20H23F2IN2O4. The summed E-state index contributed by atoms with van der Waals surface area (Å²) in [5.74, 6) is -3.61. The minimum Gasteiger partial charge on any atom is -0.509 e. The SMILES string of the molecule is CC(C)COC(=O)C1=C(O)[C@@]2(C)CCCN2N(Cc2c(F)cc(I)cc2F)C1=O. The van der Waals surface area contributed by atoms with Crippen molar-refractivity contribution in [2.24, 2.45) is 5.92 Å². The molecule has 0 saturated carbocycles. The van der Waals surface area contributed by atoms with Crippen LogP contribution < -0.4 is 0 Å². The van der Waals surface area contributed by atoms with E-state index in [0.717, 1.165) is 5.01 Å². The van der Waals surface area contributed by atoms with Crippen LogP contribution >= 0.6 is 22.6 Å². The molecule has 1 amide bonds. The van der Waals surface area contributed by atoms with E-state index in [2.05, 4.69) is 0 Å². The Morgan fingerprint density at radius 1 is 1.34 bits per heavy atom. The molecule has 0 unspecified atom stereocenters. The van der Waals surface area contributed by atoms with Gasteiger partial charge < -0.3 is 9.84 Å². The van der Waals surface area contributed by atoms with Crippen molar-refractivity contribution >= 4 is 34.5 Å². The van der Waals surface area contributed by atoms with Crippen molar-refractivity contribution in [3.8, 4) is 0 Å². The van der Waals surface area contributed by atoms with E-state index in [4.69, 9.17) is 4.74 Å². The lowest BCUT2D eigenvalue weighted by Gasteiger charge is -2.46. The van der Waals surface area contributed by atoms with E-state index >= 15 is 0 Å². The summed E-state index contributed by atoms with van der Waals surface area (Å²) >= 11 is 1.81. The maximum Gasteiger partial charge on any atom is 0.347 e. The lowest BCUT2D eigenvalue weighted by atomic mass is 9.91. The third-order valence-corrected chi connectivity index (χ3v) is 5.88. The molecule has 6 nitrogen and oxygen atoms in total. The zero-order valence-electron chi connectivity index (χ0n) is 16.5. The topological polar surface area (TPSA) is 70.1 Å². The summed E-state index contributed by atoms with van der Waals surface area (Å²) in [5.41, 5.74) is -1.77. The number of esters is 1. The van der Waals surface area contributed by atoms with E-state index in [9.17, 15) is 23.5 Å². The molecule has 3 rings (SSSR count). The maximum absolute atomic E-state index is 14.4. The fourth-order valence-electron chi connectivity index (χ4n) is 3.71. The third-order valence-electron chi connectivity index (χ3n) is 5.26. The highest BCUT2D eigenvalue weighted by Gasteiger charge is 2.53. The largest absolute Gasteiger partial charge is 0.509 e. The molecular weight excluding hydrogens is 497 g/mol. The number of halogens is 3. The van der Waals surface area contributed by atoms with Gasteiger partial charge in [0.2, 0.25) is 0 Å². The van der Waals surface area contributed by atoms with E-state index in [1.165, 1.54) is 12.1 Å². The number of carbonyl (C=O) groups excluding carboxylic acids is 2. The Balaban J connectivity index is 2.01. The standard InChI is InChI=1S/C20H23F2IN2O4/c1-11(2)10-29-19(28)16-17(26)20(3)5-4-6-25(20)24(18(16)27)9-13-14(21)7-12(23)8-15(13)22/h7-8,11,26H,4-6,9-10H2,1-3H3/t20-/m1/s1. The number of hydrogen-bond donors (Lipinski definition) is 1. The number of aliphatic hydroxyl groups excluding tert-OH is 1. The average molecular weight is 520 g/mol. The predicted molar refractivity (Wildman–Crippen MR) is 109 cm³/mol. The van der Waals surface area contributed by atoms with Gasteiger partial charge in [0.15, 0.2) is 5.57 Å². The molecule has 0 aromatic heterocycles. The molecule has 0 spiro atoms. The highest BCUT2D eigenvalue weighted by molar-refractivity contribution is 14.1. The molecule has 0 aliphatic carbocycles. The average Bonchev–Trinajstić information content (AvgIpc) is 3.02. The molecule has 0 radical (unpaired) electrons. The first kappa shape index (κ1) is 21.9. The first-order chi connectivity index (χ1) is 13.6. The Hall–Kier alpha value is -1.75. The molecule has 0 bridgehead atoms. The second-order valence-electron chi connectivity index (χ2n) is 7.93. The van der Waals surface area contributed by atoms with Crippen LogP contribution in [-0.2, 0) is 20.9 Å². The molecule has 2 heterocycles. The van der Waals surface area contributed by atoms with E-state index in [-0.39, 0.29) is 23.8 Å². The van der Waals surface area contributed by atoms with Crippen LogP contribution in [0, 0.1) is 21.1 Å². The van der Waals surface area contributed by atoms with Crippen LogP contribution in [0.1, 0.15) is 39.2 Å². The monoisotopic (exact) mass is 520 g/mol. The molecule has 1 aromatic carbocycles. The van der Waals surface area contributed by atoms with Crippen molar-refractivity contribution in [1.82, 2.24) is 10.0 Å². The van der Waals surface area contributed by atoms with Crippen molar-refractivity contribution in [3.63, 3.8) is 0 Å². The van der Waals surface area contributed by atoms with E-state index in [0.29, 0.717) is 23.0 Å². The van der Waals surface area contributed by atoms with E-state index < -0.39 is 41.2 Å². The Morgan fingerprint density at radius 2 is 1.97 bits per heavy atom. The predicted octanol–water partition coefficient (Wildman–Crippen LogP) is 3.69. The fraction of sp³-hybridized carbons (Fsp3) is 0.500. The van der Waals surface area contributed by atoms with Gasteiger partial charge in [-0.2, -0.15) is 0 Å². The summed E-state index contributed by atoms with van der Waals surface area (Å²) in [4.78, 5) is 25.7. The molecule has 2 aliphatic rings. The lowest BCUT2D eigenvalue weighted by Crippen LogP contribution is -2.60. The second kappa shape index (κ2) is 8.17. The van der Waals surface area contributed by atoms with Crippen molar-refractivity contribution in [3.05, 3.63) is 44.2 Å². The molecule has 1 atom stereocenters. The van der Waals surface area contributed by atoms with Crippen molar-refractivity contribution < 1.29 is 28.2 Å². The number of benzene rings is 1. The molecule has 9 heteroatoms. The number of hydrogen-bond acceptors (Lipinski definition) is 5. The number of rotatable bonds is 5. The molecule has 2 aliphatic heterocycles. The number of hydrazine groups is 1. The highest BCUT2D eigenvalue weighted by Crippen LogP contribution is 2.42. The van der Waals surface area contributed by atoms with Gasteiger partial charge in [0, 0.05) is 15.7 Å². The highest BCUT2D eigenvalue weighted by atomic mass is 127. The zero-order valence-corrected chi connectivity index (χ0v) is 18.6. The summed E-state index contributed by atoms with van der Waals surface area (Å²) in [6.45, 7) is 5.50. The number of amides is 1. The van der Waals surface area contributed by atoms with Gasteiger partial charge >= 0.3 is 5.97 Å².